The van der Waals surface area contributed by atoms with Gasteiger partial charge in [-0.25, -0.2) is 0 Å². The third kappa shape index (κ3) is 2.25. The zero-order chi connectivity index (χ0) is 10.8. The minimum atomic E-state index is -0.674. The van der Waals surface area contributed by atoms with E-state index in [1.54, 1.807) is 19.1 Å². The summed E-state index contributed by atoms with van der Waals surface area (Å²) in [6, 6.07) is 5.38. The summed E-state index contributed by atoms with van der Waals surface area (Å²) in [6.45, 7) is 3.72. The molecule has 4 N–H and O–H groups in total. The van der Waals surface area contributed by atoms with Crippen LogP contribution in [0.5, 0.6) is 5.75 Å². The quantitative estimate of drug-likeness (QED) is 0.680. The Morgan fingerprint density at radius 2 is 2.07 bits per heavy atom. The highest BCUT2D eigenvalue weighted by molar-refractivity contribution is 5.40. The molecular formula is C11H17NO2. The molecule has 0 aliphatic heterocycles. The van der Waals surface area contributed by atoms with Crippen LogP contribution in [0.15, 0.2) is 18.2 Å². The second-order valence-corrected chi connectivity index (χ2v) is 3.91. The zero-order valence-electron chi connectivity index (χ0n) is 8.62. The summed E-state index contributed by atoms with van der Waals surface area (Å²) in [5.41, 5.74) is 6.98. The smallest absolute Gasteiger partial charge is 0.120 e. The fourth-order valence-corrected chi connectivity index (χ4v) is 1.49. The molecule has 0 aliphatic rings. The first-order valence-electron chi connectivity index (χ1n) is 4.67. The third-order valence-corrected chi connectivity index (χ3v) is 2.40. The minimum absolute atomic E-state index is 0.0142. The number of hydrogen-bond acceptors (Lipinski definition) is 3. The average Bonchev–Trinajstić information content (AvgIpc) is 2.02. The van der Waals surface area contributed by atoms with Crippen molar-refractivity contribution in [2.75, 3.05) is 6.61 Å². The van der Waals surface area contributed by atoms with E-state index in [2.05, 4.69) is 0 Å². The van der Waals surface area contributed by atoms with Gasteiger partial charge >= 0.3 is 0 Å². The SMILES string of the molecule is Cc1ccc(C(C)(N)CCO)c(O)c1. The molecule has 0 aliphatic carbocycles. The van der Waals surface area contributed by atoms with Crippen molar-refractivity contribution in [1.29, 1.82) is 0 Å². The predicted molar refractivity (Wildman–Crippen MR) is 56.1 cm³/mol. The molecule has 0 aromatic heterocycles. The molecule has 1 unspecified atom stereocenters. The van der Waals surface area contributed by atoms with Gasteiger partial charge in [-0.1, -0.05) is 12.1 Å². The van der Waals surface area contributed by atoms with E-state index >= 15 is 0 Å². The molecule has 1 atom stereocenters. The summed E-state index contributed by atoms with van der Waals surface area (Å²) in [5.74, 6) is 0.198. The Morgan fingerprint density at radius 3 is 2.57 bits per heavy atom. The number of phenolic OH excluding ortho intramolecular Hbond substituents is 1. The van der Waals surface area contributed by atoms with Gasteiger partial charge in [0.05, 0.1) is 0 Å². The van der Waals surface area contributed by atoms with Gasteiger partial charge in [-0.3, -0.25) is 0 Å². The van der Waals surface area contributed by atoms with Gasteiger partial charge < -0.3 is 15.9 Å². The number of aromatic hydroxyl groups is 1. The third-order valence-electron chi connectivity index (χ3n) is 2.40. The number of aliphatic hydroxyl groups is 1. The lowest BCUT2D eigenvalue weighted by Gasteiger charge is -2.25. The Labute approximate surface area is 84.2 Å². The molecule has 0 bridgehead atoms. The van der Waals surface area contributed by atoms with Crippen LogP contribution in [0.25, 0.3) is 0 Å². The molecule has 0 amide bonds. The lowest BCUT2D eigenvalue weighted by atomic mass is 9.89. The van der Waals surface area contributed by atoms with Crippen LogP contribution < -0.4 is 5.73 Å². The minimum Gasteiger partial charge on any atom is -0.508 e. The summed E-state index contributed by atoms with van der Waals surface area (Å²) in [4.78, 5) is 0. The number of aliphatic hydroxyl groups excluding tert-OH is 1. The Morgan fingerprint density at radius 1 is 1.43 bits per heavy atom. The molecule has 0 heterocycles. The first-order valence-corrected chi connectivity index (χ1v) is 4.67. The van der Waals surface area contributed by atoms with Gasteiger partial charge in [0.15, 0.2) is 0 Å². The Balaban J connectivity index is 3.06. The zero-order valence-corrected chi connectivity index (χ0v) is 8.62. The standard InChI is InChI=1S/C11H17NO2/c1-8-3-4-9(10(14)7-8)11(2,12)5-6-13/h3-4,7,13-14H,5-6,12H2,1-2H3. The van der Waals surface area contributed by atoms with Crippen molar-refractivity contribution in [2.24, 2.45) is 5.73 Å². The number of aryl methyl sites for hydroxylation is 1. The highest BCUT2D eigenvalue weighted by atomic mass is 16.3. The first kappa shape index (κ1) is 11.0. The molecule has 0 fully saturated rings. The highest BCUT2D eigenvalue weighted by Crippen LogP contribution is 2.30. The van der Waals surface area contributed by atoms with Crippen LogP contribution >= 0.6 is 0 Å². The van der Waals surface area contributed by atoms with Gasteiger partial charge in [0.1, 0.15) is 5.75 Å². The normalized spacial score (nSPS) is 15.1. The van der Waals surface area contributed by atoms with Crippen molar-refractivity contribution in [2.45, 2.75) is 25.8 Å². The molecule has 1 aromatic rings. The molecule has 78 valence electrons. The molecule has 1 aromatic carbocycles. The second kappa shape index (κ2) is 3.98. The van der Waals surface area contributed by atoms with Crippen LogP contribution in [-0.2, 0) is 5.54 Å². The van der Waals surface area contributed by atoms with Gasteiger partial charge in [0.2, 0.25) is 0 Å². The summed E-state index contributed by atoms with van der Waals surface area (Å²) < 4.78 is 0. The Kier molecular flexibility index (Phi) is 3.13. The first-order chi connectivity index (χ1) is 6.47. The van der Waals surface area contributed by atoms with E-state index in [0.29, 0.717) is 12.0 Å². The largest absolute Gasteiger partial charge is 0.508 e. The molecule has 3 nitrogen and oxygen atoms in total. The van der Waals surface area contributed by atoms with E-state index in [1.807, 2.05) is 13.0 Å². The Bertz CT molecular complexity index is 321. The van der Waals surface area contributed by atoms with Crippen LogP contribution in [0.1, 0.15) is 24.5 Å². The van der Waals surface area contributed by atoms with Crippen LogP contribution in [0.2, 0.25) is 0 Å². The molecule has 0 spiro atoms. The van der Waals surface area contributed by atoms with Gasteiger partial charge in [-0.15, -0.1) is 0 Å². The molecule has 0 radical (unpaired) electrons. The summed E-state index contributed by atoms with van der Waals surface area (Å²) in [6.07, 6.45) is 0.434. The maximum Gasteiger partial charge on any atom is 0.120 e. The lowest BCUT2D eigenvalue weighted by molar-refractivity contribution is 0.245. The van der Waals surface area contributed by atoms with Crippen molar-refractivity contribution < 1.29 is 10.2 Å². The molecule has 14 heavy (non-hydrogen) atoms. The van der Waals surface area contributed by atoms with Crippen molar-refractivity contribution in [3.05, 3.63) is 29.3 Å². The van der Waals surface area contributed by atoms with Crippen LogP contribution in [0, 0.1) is 6.92 Å². The van der Waals surface area contributed by atoms with E-state index in [0.717, 1.165) is 5.56 Å². The van der Waals surface area contributed by atoms with Crippen LogP contribution in [0.4, 0.5) is 0 Å². The number of benzene rings is 1. The topological polar surface area (TPSA) is 66.5 Å². The van der Waals surface area contributed by atoms with Crippen molar-refractivity contribution in [3.8, 4) is 5.75 Å². The maximum atomic E-state index is 9.69. The molecular weight excluding hydrogens is 178 g/mol. The summed E-state index contributed by atoms with van der Waals surface area (Å²) in [5, 5.41) is 18.5. The fraction of sp³-hybridized carbons (Fsp3) is 0.455. The second-order valence-electron chi connectivity index (χ2n) is 3.91. The maximum absolute atomic E-state index is 9.69. The van der Waals surface area contributed by atoms with Crippen molar-refractivity contribution in [1.82, 2.24) is 0 Å². The number of phenols is 1. The molecule has 1 rings (SSSR count). The van der Waals surface area contributed by atoms with Gasteiger partial charge in [0, 0.05) is 17.7 Å². The van der Waals surface area contributed by atoms with Crippen LogP contribution in [0.3, 0.4) is 0 Å². The van der Waals surface area contributed by atoms with E-state index in [1.165, 1.54) is 0 Å². The van der Waals surface area contributed by atoms with E-state index in [9.17, 15) is 5.11 Å². The molecule has 0 saturated carbocycles. The van der Waals surface area contributed by atoms with Gasteiger partial charge in [-0.2, -0.15) is 0 Å². The number of hydrogen-bond donors (Lipinski definition) is 3. The number of nitrogens with two attached hydrogens (primary N) is 1. The van der Waals surface area contributed by atoms with Crippen molar-refractivity contribution in [3.63, 3.8) is 0 Å². The van der Waals surface area contributed by atoms with Gasteiger partial charge in [0.25, 0.3) is 0 Å². The summed E-state index contributed by atoms with van der Waals surface area (Å²) in [7, 11) is 0. The highest BCUT2D eigenvalue weighted by Gasteiger charge is 2.23. The monoisotopic (exact) mass is 195 g/mol. The van der Waals surface area contributed by atoms with Gasteiger partial charge in [-0.05, 0) is 31.9 Å². The molecule has 0 saturated heterocycles. The average molecular weight is 195 g/mol. The van der Waals surface area contributed by atoms with E-state index in [-0.39, 0.29) is 12.4 Å². The van der Waals surface area contributed by atoms with Crippen LogP contribution in [-0.4, -0.2) is 16.8 Å². The fourth-order valence-electron chi connectivity index (χ4n) is 1.49. The summed E-state index contributed by atoms with van der Waals surface area (Å²) >= 11 is 0. The lowest BCUT2D eigenvalue weighted by Crippen LogP contribution is -2.34. The number of rotatable bonds is 3. The molecule has 3 heteroatoms. The van der Waals surface area contributed by atoms with E-state index in [4.69, 9.17) is 10.8 Å². The van der Waals surface area contributed by atoms with Crippen molar-refractivity contribution >= 4 is 0 Å². The Hall–Kier alpha value is -1.06. The predicted octanol–water partition coefficient (Wildman–Crippen LogP) is 1.26. The van der Waals surface area contributed by atoms with E-state index < -0.39 is 5.54 Å².